The molecular formula is C22H22F2N4O4S. The lowest BCUT2D eigenvalue weighted by Crippen LogP contribution is -2.43. The molecule has 0 bridgehead atoms. The number of nitrogens with two attached hydrogens (primary N) is 1. The highest BCUT2D eigenvalue weighted by Gasteiger charge is 2.24. The zero-order valence-electron chi connectivity index (χ0n) is 17.7. The first-order valence-corrected chi connectivity index (χ1v) is 10.8. The Labute approximate surface area is 192 Å². The molecule has 0 aliphatic carbocycles. The quantitative estimate of drug-likeness (QED) is 0.458. The molecule has 11 heteroatoms. The van der Waals surface area contributed by atoms with Crippen molar-refractivity contribution in [2.45, 2.75) is 11.4 Å². The molecule has 0 spiro atoms. The van der Waals surface area contributed by atoms with Crippen molar-refractivity contribution in [3.63, 3.8) is 0 Å². The summed E-state index contributed by atoms with van der Waals surface area (Å²) >= 11 is 0.847. The van der Waals surface area contributed by atoms with Crippen LogP contribution in [0.5, 0.6) is 0 Å². The number of hydrogen-bond donors (Lipinski definition) is 2. The molecule has 0 aliphatic rings. The minimum atomic E-state index is -0.829. The van der Waals surface area contributed by atoms with Crippen LogP contribution in [0.4, 0.5) is 20.3 Å². The second-order valence-corrected chi connectivity index (χ2v) is 7.98. The molecule has 3 rings (SSSR count). The number of halogens is 2. The number of H-pyrrole nitrogens is 1. The number of hydrogen-bond acceptors (Lipinski definition) is 6. The Morgan fingerprint density at radius 2 is 1.91 bits per heavy atom. The van der Waals surface area contributed by atoms with Crippen molar-refractivity contribution < 1.29 is 18.3 Å². The topological polar surface area (TPSA) is 110 Å². The van der Waals surface area contributed by atoms with Gasteiger partial charge in [0.25, 0.3) is 5.56 Å². The predicted molar refractivity (Wildman–Crippen MR) is 123 cm³/mol. The van der Waals surface area contributed by atoms with Crippen LogP contribution in [0.15, 0.2) is 63.0 Å². The van der Waals surface area contributed by atoms with E-state index in [9.17, 15) is 23.2 Å². The van der Waals surface area contributed by atoms with Crippen molar-refractivity contribution in [3.05, 3.63) is 86.6 Å². The van der Waals surface area contributed by atoms with E-state index in [1.807, 2.05) is 6.07 Å². The highest BCUT2D eigenvalue weighted by atomic mass is 32.2. The first kappa shape index (κ1) is 24.2. The van der Waals surface area contributed by atoms with Crippen molar-refractivity contribution in [2.75, 3.05) is 36.6 Å². The number of aromatic amines is 1. The average Bonchev–Trinajstić information content (AvgIpc) is 2.78. The van der Waals surface area contributed by atoms with Gasteiger partial charge in [0, 0.05) is 24.6 Å². The van der Waals surface area contributed by atoms with E-state index in [2.05, 4.69) is 4.98 Å². The lowest BCUT2D eigenvalue weighted by molar-refractivity contribution is -0.116. The van der Waals surface area contributed by atoms with Crippen LogP contribution in [0, 0.1) is 11.6 Å². The third-order valence-corrected chi connectivity index (χ3v) is 5.77. The standard InChI is InChI=1S/C22H22F2N4O4S/c1-32-10-9-27(18(29)13-33-17-8-7-15(23)11-16(17)24)19-20(25)28(22(31)26-21(19)30)12-14-5-3-2-4-6-14/h2-8,11H,9-10,12-13,25H2,1H3,(H,26,30,31). The molecule has 0 fully saturated rings. The molecule has 8 nitrogen and oxygen atoms in total. The lowest BCUT2D eigenvalue weighted by atomic mass is 10.2. The van der Waals surface area contributed by atoms with Gasteiger partial charge in [-0.05, 0) is 17.7 Å². The Morgan fingerprint density at radius 1 is 1.18 bits per heavy atom. The van der Waals surface area contributed by atoms with Crippen molar-refractivity contribution in [3.8, 4) is 0 Å². The summed E-state index contributed by atoms with van der Waals surface area (Å²) in [7, 11) is 1.43. The fraction of sp³-hybridized carbons (Fsp3) is 0.227. The maximum absolute atomic E-state index is 13.9. The SMILES string of the molecule is COCCN(C(=O)CSc1ccc(F)cc1F)c1c(N)n(Cc2ccccc2)c(=O)[nH]c1=O. The Morgan fingerprint density at radius 3 is 2.58 bits per heavy atom. The van der Waals surface area contributed by atoms with Crippen LogP contribution in [0.3, 0.4) is 0 Å². The van der Waals surface area contributed by atoms with Gasteiger partial charge in [-0.1, -0.05) is 30.3 Å². The van der Waals surface area contributed by atoms with Crippen LogP contribution in [-0.2, 0) is 16.1 Å². The fourth-order valence-corrected chi connectivity index (χ4v) is 3.91. The second kappa shape index (κ2) is 10.9. The summed E-state index contributed by atoms with van der Waals surface area (Å²) in [5.41, 5.74) is 5.21. The highest BCUT2D eigenvalue weighted by molar-refractivity contribution is 8.00. The smallest absolute Gasteiger partial charge is 0.330 e. The number of ether oxygens (including phenoxy) is 1. The third kappa shape index (κ3) is 5.88. The van der Waals surface area contributed by atoms with E-state index < -0.39 is 28.8 Å². The Kier molecular flexibility index (Phi) is 8.01. The summed E-state index contributed by atoms with van der Waals surface area (Å²) in [5.74, 6) is -2.55. The maximum Gasteiger partial charge on any atom is 0.330 e. The molecule has 33 heavy (non-hydrogen) atoms. The largest absolute Gasteiger partial charge is 0.383 e. The Bertz CT molecular complexity index is 1250. The van der Waals surface area contributed by atoms with E-state index in [1.165, 1.54) is 13.2 Å². The summed E-state index contributed by atoms with van der Waals surface area (Å²) in [6.07, 6.45) is 0. The van der Waals surface area contributed by atoms with Crippen LogP contribution in [-0.4, -0.2) is 41.5 Å². The lowest BCUT2D eigenvalue weighted by Gasteiger charge is -2.24. The molecular weight excluding hydrogens is 454 g/mol. The van der Waals surface area contributed by atoms with Crippen molar-refractivity contribution >= 4 is 29.2 Å². The molecule has 2 aromatic carbocycles. The minimum Gasteiger partial charge on any atom is -0.383 e. The molecule has 1 heterocycles. The monoisotopic (exact) mass is 476 g/mol. The summed E-state index contributed by atoms with van der Waals surface area (Å²) in [5, 5.41) is 0. The number of thioether (sulfide) groups is 1. The zero-order chi connectivity index (χ0) is 24.0. The number of carbonyl (C=O) groups excluding carboxylic acids is 1. The molecule has 0 saturated heterocycles. The van der Waals surface area contributed by atoms with E-state index in [0.29, 0.717) is 0 Å². The van der Waals surface area contributed by atoms with Gasteiger partial charge in [0.2, 0.25) is 5.91 Å². The average molecular weight is 477 g/mol. The molecule has 3 N–H and O–H groups in total. The predicted octanol–water partition coefficient (Wildman–Crippen LogP) is 2.22. The second-order valence-electron chi connectivity index (χ2n) is 6.97. The van der Waals surface area contributed by atoms with E-state index in [1.54, 1.807) is 24.3 Å². The first-order chi connectivity index (χ1) is 15.8. The molecule has 1 amide bonds. The van der Waals surface area contributed by atoms with Gasteiger partial charge in [-0.2, -0.15) is 0 Å². The number of amides is 1. The van der Waals surface area contributed by atoms with Crippen LogP contribution in [0.2, 0.25) is 0 Å². The number of nitrogens with zero attached hydrogens (tertiary/aromatic N) is 2. The number of carbonyl (C=O) groups is 1. The van der Waals surface area contributed by atoms with E-state index in [-0.39, 0.29) is 41.8 Å². The summed E-state index contributed by atoms with van der Waals surface area (Å²) in [4.78, 5) is 41.5. The van der Waals surface area contributed by atoms with Crippen LogP contribution in [0.25, 0.3) is 0 Å². The number of anilines is 2. The van der Waals surface area contributed by atoms with Crippen LogP contribution >= 0.6 is 11.8 Å². The number of aromatic nitrogens is 2. The van der Waals surface area contributed by atoms with E-state index in [4.69, 9.17) is 10.5 Å². The number of nitrogens with one attached hydrogen (secondary N) is 1. The molecule has 1 aromatic heterocycles. The molecule has 0 atom stereocenters. The first-order valence-electron chi connectivity index (χ1n) is 9.85. The maximum atomic E-state index is 13.9. The van der Waals surface area contributed by atoms with Gasteiger partial charge >= 0.3 is 5.69 Å². The van der Waals surface area contributed by atoms with Gasteiger partial charge in [0.15, 0.2) is 5.69 Å². The summed E-state index contributed by atoms with van der Waals surface area (Å²) in [6.45, 7) is 0.133. The number of benzene rings is 2. The van der Waals surface area contributed by atoms with Gasteiger partial charge in [-0.15, -0.1) is 11.8 Å². The summed E-state index contributed by atoms with van der Waals surface area (Å²) < 4.78 is 33.3. The van der Waals surface area contributed by atoms with Crippen LogP contribution in [0.1, 0.15) is 5.56 Å². The van der Waals surface area contributed by atoms with Crippen molar-refractivity contribution in [2.24, 2.45) is 0 Å². The normalized spacial score (nSPS) is 10.9. The van der Waals surface area contributed by atoms with Crippen molar-refractivity contribution in [1.29, 1.82) is 0 Å². The van der Waals surface area contributed by atoms with Crippen LogP contribution < -0.4 is 21.9 Å². The number of nitrogen functional groups attached to an aromatic ring is 1. The molecule has 0 aliphatic heterocycles. The molecule has 0 saturated carbocycles. The van der Waals surface area contributed by atoms with E-state index >= 15 is 0 Å². The Hall–Kier alpha value is -3.44. The third-order valence-electron chi connectivity index (χ3n) is 4.73. The molecule has 0 radical (unpaired) electrons. The number of methoxy groups -OCH3 is 1. The minimum absolute atomic E-state index is 0.0292. The van der Waals surface area contributed by atoms with Gasteiger partial charge in [-0.3, -0.25) is 19.1 Å². The van der Waals surface area contributed by atoms with E-state index in [0.717, 1.165) is 38.9 Å². The van der Waals surface area contributed by atoms with Gasteiger partial charge < -0.3 is 15.4 Å². The molecule has 3 aromatic rings. The van der Waals surface area contributed by atoms with Gasteiger partial charge in [0.05, 0.1) is 18.9 Å². The Balaban J connectivity index is 1.93. The fourth-order valence-electron chi connectivity index (χ4n) is 3.11. The zero-order valence-corrected chi connectivity index (χ0v) is 18.5. The van der Waals surface area contributed by atoms with Gasteiger partial charge in [0.1, 0.15) is 17.5 Å². The molecule has 0 unspecified atom stereocenters. The highest BCUT2D eigenvalue weighted by Crippen LogP contribution is 2.24. The van der Waals surface area contributed by atoms with Gasteiger partial charge in [-0.25, -0.2) is 13.6 Å². The summed E-state index contributed by atoms with van der Waals surface area (Å²) in [6, 6.07) is 12.0. The van der Waals surface area contributed by atoms with Crippen molar-refractivity contribution in [1.82, 2.24) is 9.55 Å². The molecule has 174 valence electrons. The number of rotatable bonds is 9.